The third-order valence-corrected chi connectivity index (χ3v) is 4.89. The Hall–Kier alpha value is -3.07. The van der Waals surface area contributed by atoms with E-state index in [9.17, 15) is 0 Å². The molecule has 0 aromatic heterocycles. The molecule has 1 aliphatic rings. The molecule has 0 saturated carbocycles. The molecule has 1 atom stereocenters. The number of hydrogen-bond donors (Lipinski definition) is 2. The number of anilines is 1. The molecule has 1 aliphatic heterocycles. The van der Waals surface area contributed by atoms with Gasteiger partial charge in [0.2, 0.25) is 0 Å². The van der Waals surface area contributed by atoms with Crippen LogP contribution in [0.5, 0.6) is 0 Å². The topological polar surface area (TPSA) is 36.4 Å². The van der Waals surface area contributed by atoms with Gasteiger partial charge in [0, 0.05) is 18.2 Å². The first-order chi connectivity index (χ1) is 12.8. The summed E-state index contributed by atoms with van der Waals surface area (Å²) in [4.78, 5) is 4.85. The molecule has 0 saturated heterocycles. The maximum Gasteiger partial charge on any atom is 0.196 e. The number of fused-ring (bicyclic) bond motifs is 1. The van der Waals surface area contributed by atoms with Crippen LogP contribution >= 0.6 is 0 Å². The lowest BCUT2D eigenvalue weighted by Gasteiger charge is -2.19. The molecular formula is C23H23N3. The highest BCUT2D eigenvalue weighted by Crippen LogP contribution is 2.33. The quantitative estimate of drug-likeness (QED) is 0.724. The second-order valence-electron chi connectivity index (χ2n) is 6.65. The van der Waals surface area contributed by atoms with E-state index in [1.54, 1.807) is 0 Å². The fourth-order valence-corrected chi connectivity index (χ4v) is 3.49. The molecule has 26 heavy (non-hydrogen) atoms. The standard InChI is InChI=1S/C23H23N3/c1-17-9-5-6-12-19(17)21-16-25-23(24-15-18-10-3-2-4-11-18)26-22-14-8-7-13-20(21)22/h2-14,21H,15-16H2,1H3,(H2,24,25,26). The van der Waals surface area contributed by atoms with Gasteiger partial charge < -0.3 is 10.6 Å². The van der Waals surface area contributed by atoms with Crippen LogP contribution in [0.3, 0.4) is 0 Å². The van der Waals surface area contributed by atoms with Crippen molar-refractivity contribution in [3.8, 4) is 0 Å². The summed E-state index contributed by atoms with van der Waals surface area (Å²) in [6.45, 7) is 3.66. The summed E-state index contributed by atoms with van der Waals surface area (Å²) >= 11 is 0. The van der Waals surface area contributed by atoms with Crippen LogP contribution in [0, 0.1) is 6.92 Å². The van der Waals surface area contributed by atoms with Crippen LogP contribution < -0.4 is 10.6 Å². The number of aliphatic imine (C=N–C) groups is 1. The van der Waals surface area contributed by atoms with E-state index in [0.717, 1.165) is 24.7 Å². The highest BCUT2D eigenvalue weighted by Gasteiger charge is 2.22. The van der Waals surface area contributed by atoms with E-state index in [-0.39, 0.29) is 5.92 Å². The van der Waals surface area contributed by atoms with Gasteiger partial charge in [0.25, 0.3) is 0 Å². The summed E-state index contributed by atoms with van der Waals surface area (Å²) in [5.74, 6) is 1.09. The molecule has 130 valence electrons. The second-order valence-corrected chi connectivity index (χ2v) is 6.65. The highest BCUT2D eigenvalue weighted by molar-refractivity contribution is 5.95. The summed E-state index contributed by atoms with van der Waals surface area (Å²) in [7, 11) is 0. The van der Waals surface area contributed by atoms with Gasteiger partial charge >= 0.3 is 0 Å². The lowest BCUT2D eigenvalue weighted by atomic mass is 9.88. The predicted molar refractivity (Wildman–Crippen MR) is 109 cm³/mol. The first-order valence-electron chi connectivity index (χ1n) is 9.05. The van der Waals surface area contributed by atoms with Gasteiger partial charge in [-0.2, -0.15) is 0 Å². The lowest BCUT2D eigenvalue weighted by molar-refractivity contribution is 0.811. The Labute approximate surface area is 154 Å². The Bertz CT molecular complexity index is 916. The number of nitrogens with one attached hydrogen (secondary N) is 2. The number of aryl methyl sites for hydroxylation is 1. The van der Waals surface area contributed by atoms with Crippen molar-refractivity contribution >= 4 is 11.6 Å². The minimum atomic E-state index is 0.260. The number of guanidine groups is 1. The fourth-order valence-electron chi connectivity index (χ4n) is 3.49. The maximum absolute atomic E-state index is 4.85. The first-order valence-corrected chi connectivity index (χ1v) is 9.05. The Balaban J connectivity index is 1.62. The number of para-hydroxylation sites is 1. The largest absolute Gasteiger partial charge is 0.352 e. The maximum atomic E-state index is 4.85. The smallest absolute Gasteiger partial charge is 0.196 e. The van der Waals surface area contributed by atoms with Crippen molar-refractivity contribution in [3.63, 3.8) is 0 Å². The van der Waals surface area contributed by atoms with Crippen molar-refractivity contribution in [3.05, 3.63) is 101 Å². The molecule has 3 nitrogen and oxygen atoms in total. The predicted octanol–water partition coefficient (Wildman–Crippen LogP) is 4.70. The third kappa shape index (κ3) is 3.47. The molecule has 0 bridgehead atoms. The monoisotopic (exact) mass is 341 g/mol. The Morgan fingerprint density at radius 1 is 0.885 bits per heavy atom. The Morgan fingerprint density at radius 2 is 1.58 bits per heavy atom. The molecule has 0 aliphatic carbocycles. The van der Waals surface area contributed by atoms with Gasteiger partial charge in [-0.3, -0.25) is 4.99 Å². The van der Waals surface area contributed by atoms with Crippen LogP contribution in [0.2, 0.25) is 0 Å². The second kappa shape index (κ2) is 7.44. The zero-order valence-electron chi connectivity index (χ0n) is 14.9. The fraction of sp³-hybridized carbons (Fsp3) is 0.174. The molecule has 3 aromatic carbocycles. The number of hydrogen-bond acceptors (Lipinski definition) is 3. The van der Waals surface area contributed by atoms with Crippen molar-refractivity contribution in [2.24, 2.45) is 4.99 Å². The third-order valence-electron chi connectivity index (χ3n) is 4.89. The molecule has 0 amide bonds. The van der Waals surface area contributed by atoms with Crippen molar-refractivity contribution in [2.75, 3.05) is 11.9 Å². The van der Waals surface area contributed by atoms with Gasteiger partial charge in [0.15, 0.2) is 5.96 Å². The van der Waals surface area contributed by atoms with E-state index >= 15 is 0 Å². The molecule has 3 heteroatoms. The number of nitrogens with zero attached hydrogens (tertiary/aromatic N) is 1. The van der Waals surface area contributed by atoms with Crippen LogP contribution in [-0.2, 0) is 6.54 Å². The Morgan fingerprint density at radius 3 is 2.38 bits per heavy atom. The van der Waals surface area contributed by atoms with E-state index < -0.39 is 0 Å². The van der Waals surface area contributed by atoms with Gasteiger partial charge in [-0.05, 0) is 35.2 Å². The molecular weight excluding hydrogens is 318 g/mol. The zero-order chi connectivity index (χ0) is 17.8. The lowest BCUT2D eigenvalue weighted by Crippen LogP contribution is -2.30. The van der Waals surface area contributed by atoms with Gasteiger partial charge in [-0.25, -0.2) is 0 Å². The summed E-state index contributed by atoms with van der Waals surface area (Å²) in [5.41, 5.74) is 6.31. The van der Waals surface area contributed by atoms with Crippen LogP contribution in [-0.4, -0.2) is 12.5 Å². The minimum Gasteiger partial charge on any atom is -0.352 e. The van der Waals surface area contributed by atoms with E-state index in [0.29, 0.717) is 0 Å². The van der Waals surface area contributed by atoms with Gasteiger partial charge in [0.1, 0.15) is 0 Å². The first kappa shape index (κ1) is 16.4. The van der Waals surface area contributed by atoms with Crippen molar-refractivity contribution in [2.45, 2.75) is 19.4 Å². The molecule has 1 unspecified atom stereocenters. The van der Waals surface area contributed by atoms with Crippen molar-refractivity contribution < 1.29 is 0 Å². The number of rotatable bonds is 3. The van der Waals surface area contributed by atoms with Crippen LogP contribution in [0.25, 0.3) is 0 Å². The van der Waals surface area contributed by atoms with Crippen LogP contribution in [0.1, 0.15) is 28.2 Å². The molecule has 2 N–H and O–H groups in total. The summed E-state index contributed by atoms with van der Waals surface area (Å²) in [6.07, 6.45) is 0. The molecule has 0 spiro atoms. The normalized spacial score (nSPS) is 16.0. The highest BCUT2D eigenvalue weighted by atomic mass is 15.2. The summed E-state index contributed by atoms with van der Waals surface area (Å²) in [6, 6.07) is 27.5. The van der Waals surface area contributed by atoms with Gasteiger partial charge in [0.05, 0.1) is 6.54 Å². The van der Waals surface area contributed by atoms with E-state index in [2.05, 4.69) is 90.4 Å². The summed E-state index contributed by atoms with van der Waals surface area (Å²) in [5, 5.41) is 6.93. The molecule has 0 fully saturated rings. The molecule has 0 radical (unpaired) electrons. The van der Waals surface area contributed by atoms with Gasteiger partial charge in [-0.1, -0.05) is 72.8 Å². The minimum absolute atomic E-state index is 0.260. The zero-order valence-corrected chi connectivity index (χ0v) is 14.9. The van der Waals surface area contributed by atoms with E-state index in [4.69, 9.17) is 4.99 Å². The van der Waals surface area contributed by atoms with Crippen LogP contribution in [0.4, 0.5) is 5.69 Å². The molecule has 3 aromatic rings. The Kier molecular flexibility index (Phi) is 4.69. The van der Waals surface area contributed by atoms with E-state index in [1.165, 1.54) is 22.3 Å². The van der Waals surface area contributed by atoms with Crippen molar-refractivity contribution in [1.82, 2.24) is 5.32 Å². The average molecular weight is 341 g/mol. The van der Waals surface area contributed by atoms with Gasteiger partial charge in [-0.15, -0.1) is 0 Å². The summed E-state index contributed by atoms with van der Waals surface area (Å²) < 4.78 is 0. The SMILES string of the molecule is Cc1ccccc1C1CN=C(NCc2ccccc2)Nc2ccccc21. The van der Waals surface area contributed by atoms with Crippen LogP contribution in [0.15, 0.2) is 83.9 Å². The molecule has 1 heterocycles. The van der Waals surface area contributed by atoms with Crippen molar-refractivity contribution in [1.29, 1.82) is 0 Å². The number of benzene rings is 3. The average Bonchev–Trinajstić information content (AvgIpc) is 2.87. The molecule has 4 rings (SSSR count). The van der Waals surface area contributed by atoms with E-state index in [1.807, 2.05) is 6.07 Å².